The van der Waals surface area contributed by atoms with Gasteiger partial charge in [-0.2, -0.15) is 0 Å². The quantitative estimate of drug-likeness (QED) is 0.585. The molecule has 3 rings (SSSR count). The van der Waals surface area contributed by atoms with Crippen molar-refractivity contribution in [2.24, 2.45) is 0 Å². The summed E-state index contributed by atoms with van der Waals surface area (Å²) in [4.78, 5) is 28.4. The van der Waals surface area contributed by atoms with E-state index in [4.69, 9.17) is 9.47 Å². The Hall–Kier alpha value is -3.87. The van der Waals surface area contributed by atoms with Crippen LogP contribution in [0.3, 0.4) is 0 Å². The lowest BCUT2D eigenvalue weighted by atomic mass is 10.2. The number of aromatic nitrogens is 1. The van der Waals surface area contributed by atoms with E-state index in [1.54, 1.807) is 62.7 Å². The van der Waals surface area contributed by atoms with E-state index in [0.717, 1.165) is 5.69 Å². The van der Waals surface area contributed by atoms with Crippen molar-refractivity contribution < 1.29 is 19.1 Å². The molecule has 0 fully saturated rings. The molecule has 29 heavy (non-hydrogen) atoms. The summed E-state index contributed by atoms with van der Waals surface area (Å²) in [5.74, 6) is -0.0937. The smallest absolute Gasteiger partial charge is 0.338 e. The molecular formula is C22H21N3O4. The highest BCUT2D eigenvalue weighted by Gasteiger charge is 2.11. The number of nitrogens with zero attached hydrogens (tertiary/aromatic N) is 1. The first-order valence-electron chi connectivity index (χ1n) is 9.04. The summed E-state index contributed by atoms with van der Waals surface area (Å²) in [6.07, 6.45) is 3.10. The Morgan fingerprint density at radius 2 is 1.72 bits per heavy atom. The van der Waals surface area contributed by atoms with E-state index in [2.05, 4.69) is 15.6 Å². The van der Waals surface area contributed by atoms with E-state index in [1.165, 1.54) is 6.20 Å². The number of nitrogens with one attached hydrogen (secondary N) is 2. The standard InChI is InChI=1S/C22H21N3O4/c1-3-29-22(27)15-8-10-17(11-9-15)24-18-12-16(13-23-14-18)21(26)25-19-6-4-5-7-20(19)28-2/h4-14,24H,3H2,1-2H3,(H,25,26). The molecule has 7 heteroatoms. The number of rotatable bonds is 7. The number of ether oxygens (including phenoxy) is 2. The third-order valence-corrected chi connectivity index (χ3v) is 4.04. The highest BCUT2D eigenvalue weighted by atomic mass is 16.5. The number of hydrogen-bond acceptors (Lipinski definition) is 6. The number of amides is 1. The van der Waals surface area contributed by atoms with Crippen molar-refractivity contribution in [1.82, 2.24) is 4.98 Å². The second-order valence-corrected chi connectivity index (χ2v) is 6.04. The minimum Gasteiger partial charge on any atom is -0.495 e. The van der Waals surface area contributed by atoms with Gasteiger partial charge in [0.05, 0.1) is 42.4 Å². The number of carbonyl (C=O) groups is 2. The van der Waals surface area contributed by atoms with Gasteiger partial charge in [0.25, 0.3) is 5.91 Å². The van der Waals surface area contributed by atoms with Gasteiger partial charge in [-0.25, -0.2) is 4.79 Å². The molecule has 2 aromatic carbocycles. The summed E-state index contributed by atoms with van der Waals surface area (Å²) in [7, 11) is 1.55. The van der Waals surface area contributed by atoms with E-state index in [9.17, 15) is 9.59 Å². The van der Waals surface area contributed by atoms with Crippen LogP contribution in [-0.4, -0.2) is 30.6 Å². The van der Waals surface area contributed by atoms with Gasteiger partial charge in [-0.1, -0.05) is 12.1 Å². The van der Waals surface area contributed by atoms with Crippen LogP contribution in [0.4, 0.5) is 17.1 Å². The van der Waals surface area contributed by atoms with Crippen molar-refractivity contribution in [3.63, 3.8) is 0 Å². The number of anilines is 3. The normalized spacial score (nSPS) is 10.1. The van der Waals surface area contributed by atoms with Crippen LogP contribution in [0.2, 0.25) is 0 Å². The molecule has 2 N–H and O–H groups in total. The van der Waals surface area contributed by atoms with Crippen molar-refractivity contribution >= 4 is 28.9 Å². The Morgan fingerprint density at radius 3 is 2.45 bits per heavy atom. The highest BCUT2D eigenvalue weighted by molar-refractivity contribution is 6.05. The number of methoxy groups -OCH3 is 1. The Balaban J connectivity index is 1.71. The topological polar surface area (TPSA) is 89.5 Å². The average Bonchev–Trinajstić information content (AvgIpc) is 2.75. The zero-order chi connectivity index (χ0) is 20.6. The predicted octanol–water partition coefficient (Wildman–Crippen LogP) is 4.26. The monoisotopic (exact) mass is 391 g/mol. The lowest BCUT2D eigenvalue weighted by Crippen LogP contribution is -2.13. The first-order valence-corrected chi connectivity index (χ1v) is 9.04. The number of carbonyl (C=O) groups excluding carboxylic acids is 2. The summed E-state index contributed by atoms with van der Waals surface area (Å²) in [6.45, 7) is 2.09. The van der Waals surface area contributed by atoms with E-state index in [0.29, 0.717) is 34.9 Å². The summed E-state index contributed by atoms with van der Waals surface area (Å²) in [6, 6.07) is 15.7. The molecule has 0 radical (unpaired) electrons. The van der Waals surface area contributed by atoms with Gasteiger partial charge in [0.15, 0.2) is 0 Å². The van der Waals surface area contributed by atoms with E-state index >= 15 is 0 Å². The van der Waals surface area contributed by atoms with Crippen molar-refractivity contribution in [3.05, 3.63) is 78.1 Å². The van der Waals surface area contributed by atoms with Gasteiger partial charge >= 0.3 is 5.97 Å². The van der Waals surface area contributed by atoms with Gasteiger partial charge in [0.2, 0.25) is 0 Å². The molecule has 0 bridgehead atoms. The third kappa shape index (κ3) is 5.10. The molecule has 1 heterocycles. The maximum atomic E-state index is 12.6. The number of benzene rings is 2. The fraction of sp³-hybridized carbons (Fsp3) is 0.136. The molecule has 1 aromatic heterocycles. The number of para-hydroxylation sites is 2. The molecule has 0 aliphatic heterocycles. The molecule has 148 valence electrons. The van der Waals surface area contributed by atoms with E-state index in [-0.39, 0.29) is 11.9 Å². The summed E-state index contributed by atoms with van der Waals surface area (Å²) < 4.78 is 10.2. The maximum Gasteiger partial charge on any atom is 0.338 e. The fourth-order valence-electron chi connectivity index (χ4n) is 2.65. The predicted molar refractivity (Wildman–Crippen MR) is 111 cm³/mol. The molecule has 1 amide bonds. The van der Waals surface area contributed by atoms with Gasteiger partial charge in [-0.3, -0.25) is 9.78 Å². The van der Waals surface area contributed by atoms with Crippen LogP contribution in [-0.2, 0) is 4.74 Å². The Labute approximate surface area is 168 Å². The Bertz CT molecular complexity index is 1000. The zero-order valence-corrected chi connectivity index (χ0v) is 16.1. The molecule has 0 spiro atoms. The minimum atomic E-state index is -0.365. The minimum absolute atomic E-state index is 0.302. The van der Waals surface area contributed by atoms with Crippen LogP contribution in [0.15, 0.2) is 67.0 Å². The molecule has 0 aliphatic rings. The summed E-state index contributed by atoms with van der Waals surface area (Å²) in [5.41, 5.74) is 2.83. The van der Waals surface area contributed by atoms with E-state index < -0.39 is 0 Å². The molecular weight excluding hydrogens is 370 g/mol. The first kappa shape index (κ1) is 19.9. The zero-order valence-electron chi connectivity index (χ0n) is 16.1. The van der Waals surface area contributed by atoms with Crippen LogP contribution in [0.1, 0.15) is 27.6 Å². The summed E-state index contributed by atoms with van der Waals surface area (Å²) >= 11 is 0. The number of pyridine rings is 1. The van der Waals surface area contributed by atoms with Crippen molar-refractivity contribution in [2.45, 2.75) is 6.92 Å². The van der Waals surface area contributed by atoms with Gasteiger partial charge in [-0.05, 0) is 49.4 Å². The lowest BCUT2D eigenvalue weighted by Gasteiger charge is -2.11. The molecule has 0 unspecified atom stereocenters. The number of esters is 1. The fourth-order valence-corrected chi connectivity index (χ4v) is 2.65. The summed E-state index contributed by atoms with van der Waals surface area (Å²) in [5, 5.41) is 5.98. The van der Waals surface area contributed by atoms with Crippen LogP contribution in [0.25, 0.3) is 0 Å². The van der Waals surface area contributed by atoms with Gasteiger partial charge in [0, 0.05) is 11.9 Å². The lowest BCUT2D eigenvalue weighted by molar-refractivity contribution is 0.0526. The molecule has 0 saturated carbocycles. The molecule has 7 nitrogen and oxygen atoms in total. The number of hydrogen-bond donors (Lipinski definition) is 2. The first-order chi connectivity index (χ1) is 14.1. The van der Waals surface area contributed by atoms with Crippen molar-refractivity contribution in [3.8, 4) is 5.75 Å². The van der Waals surface area contributed by atoms with Gasteiger partial charge in [0.1, 0.15) is 5.75 Å². The van der Waals surface area contributed by atoms with Crippen LogP contribution < -0.4 is 15.4 Å². The Kier molecular flexibility index (Phi) is 6.42. The van der Waals surface area contributed by atoms with E-state index in [1.807, 2.05) is 12.1 Å². The molecule has 3 aromatic rings. The highest BCUT2D eigenvalue weighted by Crippen LogP contribution is 2.24. The average molecular weight is 391 g/mol. The maximum absolute atomic E-state index is 12.6. The second kappa shape index (κ2) is 9.36. The molecule has 0 saturated heterocycles. The van der Waals surface area contributed by atoms with Crippen molar-refractivity contribution in [2.75, 3.05) is 24.4 Å². The second-order valence-electron chi connectivity index (χ2n) is 6.04. The SMILES string of the molecule is CCOC(=O)c1ccc(Nc2cncc(C(=O)Nc3ccccc3OC)c2)cc1. The third-order valence-electron chi connectivity index (χ3n) is 4.04. The van der Waals surface area contributed by atoms with Crippen LogP contribution in [0.5, 0.6) is 5.75 Å². The largest absolute Gasteiger partial charge is 0.495 e. The molecule has 0 aliphatic carbocycles. The van der Waals surface area contributed by atoms with Crippen molar-refractivity contribution in [1.29, 1.82) is 0 Å². The van der Waals surface area contributed by atoms with Gasteiger partial charge in [-0.15, -0.1) is 0 Å². The van der Waals surface area contributed by atoms with Crippen LogP contribution in [0, 0.1) is 0 Å². The molecule has 0 atom stereocenters. The Morgan fingerprint density at radius 1 is 0.966 bits per heavy atom. The van der Waals surface area contributed by atoms with Gasteiger partial charge < -0.3 is 20.1 Å². The van der Waals surface area contributed by atoms with Crippen LogP contribution >= 0.6 is 0 Å².